The molecule has 4 rings (SSSR count). The summed E-state index contributed by atoms with van der Waals surface area (Å²) in [5, 5.41) is 16.2. The molecule has 0 radical (unpaired) electrons. The number of hydrogen-bond acceptors (Lipinski definition) is 6. The second-order valence-corrected chi connectivity index (χ2v) is 8.32. The zero-order valence-corrected chi connectivity index (χ0v) is 16.4. The third kappa shape index (κ3) is 3.96. The maximum atomic E-state index is 12.6. The Kier molecular flexibility index (Phi) is 4.59. The SMILES string of the molecule is CC(C)(C)c1nnc2ccc(N3CC(CNc4ccc(C(F)(F)F)cn4)C3)nn12. The first-order valence-corrected chi connectivity index (χ1v) is 9.36. The van der Waals surface area contributed by atoms with Crippen LogP contribution in [0.4, 0.5) is 24.8 Å². The van der Waals surface area contributed by atoms with Crippen molar-refractivity contribution < 1.29 is 13.2 Å². The van der Waals surface area contributed by atoms with Gasteiger partial charge in [-0.15, -0.1) is 15.3 Å². The van der Waals surface area contributed by atoms with E-state index >= 15 is 0 Å². The van der Waals surface area contributed by atoms with Gasteiger partial charge in [0.1, 0.15) is 11.6 Å². The first-order valence-electron chi connectivity index (χ1n) is 9.36. The number of alkyl halides is 3. The Balaban J connectivity index is 1.35. The Bertz CT molecular complexity index is 999. The zero-order valence-electron chi connectivity index (χ0n) is 16.4. The van der Waals surface area contributed by atoms with Gasteiger partial charge in [-0.05, 0) is 24.3 Å². The molecule has 0 atom stereocenters. The molecule has 7 nitrogen and oxygen atoms in total. The summed E-state index contributed by atoms with van der Waals surface area (Å²) >= 11 is 0. The van der Waals surface area contributed by atoms with Gasteiger partial charge in [-0.3, -0.25) is 0 Å². The molecule has 1 N–H and O–H groups in total. The maximum Gasteiger partial charge on any atom is 0.417 e. The standard InChI is InChI=1S/C19H22F3N7/c1-18(2,3)17-26-25-15-6-7-16(27-29(15)17)28-10-12(11-28)8-23-14-5-4-13(9-24-14)19(20,21)22/h4-7,9,12H,8,10-11H2,1-3H3,(H,23,24). The average molecular weight is 405 g/mol. The summed E-state index contributed by atoms with van der Waals surface area (Å²) in [5.41, 5.74) is -0.199. The minimum absolute atomic E-state index is 0.166. The molecule has 0 aliphatic carbocycles. The quantitative estimate of drug-likeness (QED) is 0.718. The van der Waals surface area contributed by atoms with Gasteiger partial charge in [0.05, 0.1) is 5.56 Å². The van der Waals surface area contributed by atoms with E-state index < -0.39 is 11.7 Å². The number of pyridine rings is 1. The van der Waals surface area contributed by atoms with Crippen LogP contribution in [-0.4, -0.2) is 44.4 Å². The highest BCUT2D eigenvalue weighted by Crippen LogP contribution is 2.29. The van der Waals surface area contributed by atoms with Gasteiger partial charge in [-0.1, -0.05) is 20.8 Å². The molecule has 10 heteroatoms. The molecule has 0 unspecified atom stereocenters. The summed E-state index contributed by atoms with van der Waals surface area (Å²) in [7, 11) is 0. The first-order chi connectivity index (χ1) is 13.6. The van der Waals surface area contributed by atoms with E-state index in [9.17, 15) is 13.2 Å². The van der Waals surface area contributed by atoms with Gasteiger partial charge in [0.15, 0.2) is 11.5 Å². The Labute approximate surface area is 166 Å². The van der Waals surface area contributed by atoms with Crippen LogP contribution in [0.3, 0.4) is 0 Å². The summed E-state index contributed by atoms with van der Waals surface area (Å²) < 4.78 is 39.5. The Morgan fingerprint density at radius 2 is 1.83 bits per heavy atom. The highest BCUT2D eigenvalue weighted by atomic mass is 19.4. The van der Waals surface area contributed by atoms with Crippen molar-refractivity contribution >= 4 is 17.3 Å². The van der Waals surface area contributed by atoms with Crippen LogP contribution in [-0.2, 0) is 11.6 Å². The average Bonchev–Trinajstić information content (AvgIpc) is 3.03. The van der Waals surface area contributed by atoms with Crippen LogP contribution in [0.5, 0.6) is 0 Å². The molecule has 0 saturated carbocycles. The number of aromatic nitrogens is 5. The van der Waals surface area contributed by atoms with Gasteiger partial charge in [0.25, 0.3) is 0 Å². The molecule has 0 aromatic carbocycles. The van der Waals surface area contributed by atoms with Gasteiger partial charge in [0.2, 0.25) is 0 Å². The molecular formula is C19H22F3N7. The van der Waals surface area contributed by atoms with Crippen molar-refractivity contribution in [1.29, 1.82) is 0 Å². The number of rotatable bonds is 4. The molecule has 0 amide bonds. The summed E-state index contributed by atoms with van der Waals surface area (Å²) in [6, 6.07) is 6.22. The number of nitrogens with zero attached hydrogens (tertiary/aromatic N) is 6. The number of halogens is 3. The largest absolute Gasteiger partial charge is 0.417 e. The first kappa shape index (κ1) is 19.4. The van der Waals surface area contributed by atoms with Crippen molar-refractivity contribution in [3.63, 3.8) is 0 Å². The molecule has 4 heterocycles. The monoisotopic (exact) mass is 405 g/mol. The molecule has 1 saturated heterocycles. The highest BCUT2D eigenvalue weighted by molar-refractivity contribution is 5.48. The van der Waals surface area contributed by atoms with E-state index in [1.807, 2.05) is 12.1 Å². The topological polar surface area (TPSA) is 71.2 Å². The lowest BCUT2D eigenvalue weighted by Crippen LogP contribution is -2.50. The van der Waals surface area contributed by atoms with Crippen LogP contribution in [0.15, 0.2) is 30.5 Å². The molecule has 1 aliphatic rings. The summed E-state index contributed by atoms with van der Waals surface area (Å²) in [5.74, 6) is 2.46. The second kappa shape index (κ2) is 6.85. The normalized spacial score (nSPS) is 15.6. The lowest BCUT2D eigenvalue weighted by molar-refractivity contribution is -0.137. The summed E-state index contributed by atoms with van der Waals surface area (Å²) in [4.78, 5) is 5.99. The van der Waals surface area contributed by atoms with Crippen molar-refractivity contribution in [3.05, 3.63) is 41.9 Å². The molecule has 3 aromatic rings. The molecular weight excluding hydrogens is 383 g/mol. The van der Waals surface area contributed by atoms with Crippen molar-refractivity contribution in [2.24, 2.45) is 5.92 Å². The number of hydrogen-bond donors (Lipinski definition) is 1. The van der Waals surface area contributed by atoms with E-state index in [0.29, 0.717) is 23.9 Å². The lowest BCUT2D eigenvalue weighted by Gasteiger charge is -2.40. The van der Waals surface area contributed by atoms with Crippen LogP contribution in [0.2, 0.25) is 0 Å². The van der Waals surface area contributed by atoms with Crippen molar-refractivity contribution in [2.45, 2.75) is 32.4 Å². The molecule has 0 spiro atoms. The molecule has 3 aromatic heterocycles. The fraction of sp³-hybridized carbons (Fsp3) is 0.474. The van der Waals surface area contributed by atoms with Crippen LogP contribution < -0.4 is 10.2 Å². The fourth-order valence-electron chi connectivity index (χ4n) is 3.22. The molecule has 29 heavy (non-hydrogen) atoms. The van der Waals surface area contributed by atoms with Crippen LogP contribution in [0, 0.1) is 5.92 Å². The second-order valence-electron chi connectivity index (χ2n) is 8.32. The Hall–Kier alpha value is -2.91. The lowest BCUT2D eigenvalue weighted by atomic mass is 9.96. The fourth-order valence-corrected chi connectivity index (χ4v) is 3.22. The van der Waals surface area contributed by atoms with Crippen molar-refractivity contribution in [1.82, 2.24) is 24.8 Å². The molecule has 0 bridgehead atoms. The smallest absolute Gasteiger partial charge is 0.370 e. The minimum atomic E-state index is -4.37. The third-order valence-corrected chi connectivity index (χ3v) is 4.86. The van der Waals surface area contributed by atoms with E-state index in [-0.39, 0.29) is 5.41 Å². The van der Waals surface area contributed by atoms with Gasteiger partial charge in [-0.25, -0.2) is 4.98 Å². The zero-order chi connectivity index (χ0) is 20.8. The van der Waals surface area contributed by atoms with Crippen molar-refractivity contribution in [3.8, 4) is 0 Å². The Morgan fingerprint density at radius 1 is 1.07 bits per heavy atom. The number of anilines is 2. The van der Waals surface area contributed by atoms with Gasteiger partial charge < -0.3 is 10.2 Å². The van der Waals surface area contributed by atoms with E-state index in [2.05, 4.69) is 51.3 Å². The third-order valence-electron chi connectivity index (χ3n) is 4.86. The van der Waals surface area contributed by atoms with E-state index in [0.717, 1.165) is 37.0 Å². The highest BCUT2D eigenvalue weighted by Gasteiger charge is 2.31. The van der Waals surface area contributed by atoms with E-state index in [4.69, 9.17) is 0 Å². The van der Waals surface area contributed by atoms with Gasteiger partial charge in [-0.2, -0.15) is 17.7 Å². The predicted molar refractivity (Wildman–Crippen MR) is 103 cm³/mol. The predicted octanol–water partition coefficient (Wildman–Crippen LogP) is 3.38. The molecule has 1 aliphatic heterocycles. The molecule has 154 valence electrons. The summed E-state index contributed by atoms with van der Waals surface area (Å²) in [6.07, 6.45) is -3.52. The van der Waals surface area contributed by atoms with Crippen LogP contribution in [0.25, 0.3) is 5.65 Å². The van der Waals surface area contributed by atoms with Gasteiger partial charge in [0, 0.05) is 37.2 Å². The van der Waals surface area contributed by atoms with Crippen molar-refractivity contribution in [2.75, 3.05) is 29.9 Å². The maximum absolute atomic E-state index is 12.6. The molecule has 1 fully saturated rings. The summed E-state index contributed by atoms with van der Waals surface area (Å²) in [6.45, 7) is 8.45. The van der Waals surface area contributed by atoms with Crippen LogP contribution >= 0.6 is 0 Å². The van der Waals surface area contributed by atoms with E-state index in [1.54, 1.807) is 4.52 Å². The van der Waals surface area contributed by atoms with Crippen LogP contribution in [0.1, 0.15) is 32.2 Å². The van der Waals surface area contributed by atoms with E-state index in [1.165, 1.54) is 6.07 Å². The van der Waals surface area contributed by atoms with Gasteiger partial charge >= 0.3 is 6.18 Å². The minimum Gasteiger partial charge on any atom is -0.370 e. The number of nitrogens with one attached hydrogen (secondary N) is 1. The Morgan fingerprint density at radius 3 is 2.45 bits per heavy atom. The number of fused-ring (bicyclic) bond motifs is 1.